The van der Waals surface area contributed by atoms with Gasteiger partial charge in [0.25, 0.3) is 5.91 Å². The van der Waals surface area contributed by atoms with Crippen molar-refractivity contribution < 1.29 is 32.3 Å². The van der Waals surface area contributed by atoms with Crippen molar-refractivity contribution in [2.24, 2.45) is 5.73 Å². The van der Waals surface area contributed by atoms with E-state index < -0.39 is 51.5 Å². The molecular formula is C26H34N4O7S. The van der Waals surface area contributed by atoms with Gasteiger partial charge in [0, 0.05) is 16.8 Å². The summed E-state index contributed by atoms with van der Waals surface area (Å²) in [5.74, 6) is -2.31. The van der Waals surface area contributed by atoms with Crippen LogP contribution in [0.5, 0.6) is 0 Å². The Labute approximate surface area is 222 Å². The first-order valence-corrected chi connectivity index (χ1v) is 13.2. The molecule has 0 aromatic heterocycles. The molecule has 1 amide bonds. The standard InChI is InChI=1S/C26H34N4O7S/c1-25(2,3)36-21(31)15-20(24(33)37-26(4,5)6)30-38(34,35)19-13-9-17(10-14-19)23(32)29-18-11-7-16(8-12-18)22(27)28/h7-14,20,30H,15H2,1-6H3,(H3,27,28)(H,29,32). The van der Waals surface area contributed by atoms with Gasteiger partial charge >= 0.3 is 11.9 Å². The molecule has 0 fully saturated rings. The van der Waals surface area contributed by atoms with E-state index in [9.17, 15) is 22.8 Å². The van der Waals surface area contributed by atoms with Gasteiger partial charge in [-0.25, -0.2) is 8.42 Å². The molecule has 0 saturated heterocycles. The van der Waals surface area contributed by atoms with Crippen LogP contribution >= 0.6 is 0 Å². The third-order valence-electron chi connectivity index (χ3n) is 4.66. The van der Waals surface area contributed by atoms with Gasteiger partial charge in [-0.3, -0.25) is 19.8 Å². The monoisotopic (exact) mass is 546 g/mol. The van der Waals surface area contributed by atoms with Gasteiger partial charge in [-0.15, -0.1) is 0 Å². The van der Waals surface area contributed by atoms with Crippen molar-refractivity contribution in [3.63, 3.8) is 0 Å². The molecule has 2 aromatic rings. The van der Waals surface area contributed by atoms with E-state index in [0.717, 1.165) is 0 Å². The lowest BCUT2D eigenvalue weighted by Gasteiger charge is -2.25. The number of amides is 1. The average Bonchev–Trinajstić information content (AvgIpc) is 2.76. The first kappa shape index (κ1) is 30.5. The molecule has 0 heterocycles. The van der Waals surface area contributed by atoms with E-state index in [0.29, 0.717) is 11.3 Å². The number of hydrogen-bond acceptors (Lipinski definition) is 8. The number of rotatable bonds is 9. The smallest absolute Gasteiger partial charge is 0.325 e. The van der Waals surface area contributed by atoms with Gasteiger partial charge in [-0.2, -0.15) is 4.72 Å². The number of sulfonamides is 1. The van der Waals surface area contributed by atoms with E-state index in [1.54, 1.807) is 65.8 Å². The maximum Gasteiger partial charge on any atom is 0.325 e. The summed E-state index contributed by atoms with van der Waals surface area (Å²) < 4.78 is 38.8. The summed E-state index contributed by atoms with van der Waals surface area (Å²) in [7, 11) is -4.29. The van der Waals surface area contributed by atoms with Crippen LogP contribution < -0.4 is 15.8 Å². The van der Waals surface area contributed by atoms with E-state index in [-0.39, 0.29) is 16.3 Å². The summed E-state index contributed by atoms with van der Waals surface area (Å²) in [5, 5.41) is 10.1. The zero-order valence-corrected chi connectivity index (χ0v) is 23.1. The van der Waals surface area contributed by atoms with Gasteiger partial charge in [0.2, 0.25) is 10.0 Å². The van der Waals surface area contributed by atoms with Crippen molar-refractivity contribution in [3.8, 4) is 0 Å². The summed E-state index contributed by atoms with van der Waals surface area (Å²) in [5.41, 5.74) is 4.80. The Hall–Kier alpha value is -3.77. The SMILES string of the molecule is CC(C)(C)OC(=O)CC(NS(=O)(=O)c1ccc(C(=O)Nc2ccc(C(=N)N)cc2)cc1)C(=O)OC(C)(C)C. The molecule has 0 radical (unpaired) electrons. The average molecular weight is 547 g/mol. The zero-order valence-electron chi connectivity index (χ0n) is 22.2. The molecule has 0 aliphatic heterocycles. The number of esters is 2. The van der Waals surface area contributed by atoms with Gasteiger partial charge < -0.3 is 20.5 Å². The largest absolute Gasteiger partial charge is 0.460 e. The molecule has 2 rings (SSSR count). The number of amidine groups is 1. The number of ether oxygens (including phenoxy) is 2. The molecule has 0 aliphatic carbocycles. The minimum Gasteiger partial charge on any atom is -0.460 e. The fourth-order valence-electron chi connectivity index (χ4n) is 3.07. The normalized spacial score (nSPS) is 12.8. The van der Waals surface area contributed by atoms with Crippen LogP contribution in [-0.2, 0) is 29.1 Å². The van der Waals surface area contributed by atoms with E-state index in [1.165, 1.54) is 24.3 Å². The van der Waals surface area contributed by atoms with Gasteiger partial charge in [0.15, 0.2) is 0 Å². The van der Waals surface area contributed by atoms with Gasteiger partial charge in [0.05, 0.1) is 11.3 Å². The lowest BCUT2D eigenvalue weighted by molar-refractivity contribution is -0.164. The molecule has 11 nitrogen and oxygen atoms in total. The third kappa shape index (κ3) is 9.60. The van der Waals surface area contributed by atoms with Gasteiger partial charge in [0.1, 0.15) is 23.1 Å². The molecule has 12 heteroatoms. The Balaban J connectivity index is 2.19. The lowest BCUT2D eigenvalue weighted by Crippen LogP contribution is -2.46. The zero-order chi connectivity index (χ0) is 28.9. The van der Waals surface area contributed by atoms with E-state index in [4.69, 9.17) is 20.6 Å². The van der Waals surface area contributed by atoms with Crippen molar-refractivity contribution in [2.45, 2.75) is 70.1 Å². The highest BCUT2D eigenvalue weighted by molar-refractivity contribution is 7.89. The van der Waals surface area contributed by atoms with Crippen molar-refractivity contribution in [2.75, 3.05) is 5.32 Å². The van der Waals surface area contributed by atoms with E-state index in [1.807, 2.05) is 0 Å². The molecule has 0 aliphatic rings. The molecular weight excluding hydrogens is 512 g/mol. The van der Waals surface area contributed by atoms with Gasteiger partial charge in [-0.1, -0.05) is 0 Å². The minimum absolute atomic E-state index is 0.103. The molecule has 0 bridgehead atoms. The van der Waals surface area contributed by atoms with Crippen molar-refractivity contribution >= 4 is 39.4 Å². The summed E-state index contributed by atoms with van der Waals surface area (Å²) >= 11 is 0. The number of carbonyl (C=O) groups excluding carboxylic acids is 3. The second-order valence-electron chi connectivity index (χ2n) is 10.5. The highest BCUT2D eigenvalue weighted by Crippen LogP contribution is 2.18. The molecule has 5 N–H and O–H groups in total. The predicted molar refractivity (Wildman–Crippen MR) is 142 cm³/mol. The van der Waals surface area contributed by atoms with Crippen LogP contribution in [0.3, 0.4) is 0 Å². The Morgan fingerprint density at radius 2 is 1.37 bits per heavy atom. The van der Waals surface area contributed by atoms with Gasteiger partial charge in [-0.05, 0) is 90.1 Å². The number of carbonyl (C=O) groups is 3. The van der Waals surface area contributed by atoms with Crippen LogP contribution in [0, 0.1) is 5.41 Å². The Bertz CT molecular complexity index is 1290. The summed E-state index contributed by atoms with van der Waals surface area (Å²) in [6.45, 7) is 9.80. The van der Waals surface area contributed by atoms with E-state index in [2.05, 4.69) is 10.0 Å². The Kier molecular flexibility index (Phi) is 9.41. The molecule has 0 saturated carbocycles. The molecule has 206 valence electrons. The second kappa shape index (κ2) is 11.7. The number of anilines is 1. The predicted octanol–water partition coefficient (Wildman–Crippen LogP) is 2.94. The molecule has 38 heavy (non-hydrogen) atoms. The van der Waals surface area contributed by atoms with Crippen molar-refractivity contribution in [1.82, 2.24) is 4.72 Å². The highest BCUT2D eigenvalue weighted by Gasteiger charge is 2.33. The summed E-state index contributed by atoms with van der Waals surface area (Å²) in [4.78, 5) is 37.4. The quantitative estimate of drug-likeness (QED) is 0.211. The van der Waals surface area contributed by atoms with Crippen LogP contribution in [0.1, 0.15) is 63.9 Å². The third-order valence-corrected chi connectivity index (χ3v) is 6.15. The molecule has 0 spiro atoms. The van der Waals surface area contributed by atoms with Crippen LogP contribution in [0.15, 0.2) is 53.4 Å². The summed E-state index contributed by atoms with van der Waals surface area (Å²) in [6.07, 6.45) is -0.575. The molecule has 1 unspecified atom stereocenters. The fraction of sp³-hybridized carbons (Fsp3) is 0.385. The maximum atomic E-state index is 13.0. The fourth-order valence-corrected chi connectivity index (χ4v) is 4.26. The van der Waals surface area contributed by atoms with Crippen LogP contribution in [-0.4, -0.2) is 49.3 Å². The topological polar surface area (TPSA) is 178 Å². The number of nitrogen functional groups attached to an aromatic ring is 1. The lowest BCUT2D eigenvalue weighted by atomic mass is 10.1. The second-order valence-corrected chi connectivity index (χ2v) is 12.2. The van der Waals surface area contributed by atoms with E-state index >= 15 is 0 Å². The summed E-state index contributed by atoms with van der Waals surface area (Å²) in [6, 6.07) is 9.82. The molecule has 2 aromatic carbocycles. The number of hydrogen-bond donors (Lipinski definition) is 4. The molecule has 1 atom stereocenters. The number of nitrogens with two attached hydrogens (primary N) is 1. The number of nitrogens with one attached hydrogen (secondary N) is 3. The Morgan fingerprint density at radius 1 is 0.868 bits per heavy atom. The highest BCUT2D eigenvalue weighted by atomic mass is 32.2. The van der Waals surface area contributed by atoms with Crippen LogP contribution in [0.2, 0.25) is 0 Å². The van der Waals surface area contributed by atoms with Crippen molar-refractivity contribution in [1.29, 1.82) is 5.41 Å². The van der Waals surface area contributed by atoms with Crippen LogP contribution in [0.25, 0.3) is 0 Å². The maximum absolute atomic E-state index is 13.0. The minimum atomic E-state index is -4.29. The number of benzene rings is 2. The van der Waals surface area contributed by atoms with Crippen LogP contribution in [0.4, 0.5) is 5.69 Å². The first-order chi connectivity index (χ1) is 17.4. The van der Waals surface area contributed by atoms with Crippen molar-refractivity contribution in [3.05, 3.63) is 59.7 Å². The Morgan fingerprint density at radius 3 is 1.84 bits per heavy atom. The first-order valence-electron chi connectivity index (χ1n) is 11.7.